The smallest absolute Gasteiger partial charge is 0.126 e. The lowest BCUT2D eigenvalue weighted by Gasteiger charge is -2.40. The van der Waals surface area contributed by atoms with Gasteiger partial charge in [0.15, 0.2) is 0 Å². The van der Waals surface area contributed by atoms with Crippen molar-refractivity contribution in [2.45, 2.75) is 19.4 Å². The van der Waals surface area contributed by atoms with Gasteiger partial charge in [0, 0.05) is 31.4 Å². The summed E-state index contributed by atoms with van der Waals surface area (Å²) in [6.45, 7) is 4.90. The standard InChI is InChI=1S/C14H18FN3/c1-3-13-10-18(5-4-17(13)2)14-7-11(9-16)6-12(15)8-14/h6-8,13H,3-5,10H2,1-2H3. The molecule has 1 saturated heterocycles. The van der Waals surface area contributed by atoms with E-state index in [0.29, 0.717) is 11.6 Å². The van der Waals surface area contributed by atoms with Crippen molar-refractivity contribution in [1.29, 1.82) is 5.26 Å². The van der Waals surface area contributed by atoms with Crippen molar-refractivity contribution < 1.29 is 4.39 Å². The average molecular weight is 247 g/mol. The van der Waals surface area contributed by atoms with E-state index in [1.165, 1.54) is 12.1 Å². The fraction of sp³-hybridized carbons (Fsp3) is 0.500. The van der Waals surface area contributed by atoms with Crippen LogP contribution in [-0.4, -0.2) is 37.6 Å². The molecule has 1 fully saturated rings. The Hall–Kier alpha value is -1.60. The number of nitrogens with zero attached hydrogens (tertiary/aromatic N) is 3. The van der Waals surface area contributed by atoms with Gasteiger partial charge in [-0.1, -0.05) is 6.92 Å². The highest BCUT2D eigenvalue weighted by atomic mass is 19.1. The molecular weight excluding hydrogens is 229 g/mol. The Labute approximate surface area is 107 Å². The first-order valence-corrected chi connectivity index (χ1v) is 6.30. The Balaban J connectivity index is 2.22. The van der Waals surface area contributed by atoms with E-state index in [1.807, 2.05) is 6.07 Å². The second kappa shape index (κ2) is 5.36. The van der Waals surface area contributed by atoms with E-state index in [1.54, 1.807) is 6.07 Å². The van der Waals surface area contributed by atoms with Gasteiger partial charge in [0.05, 0.1) is 11.6 Å². The van der Waals surface area contributed by atoms with Crippen molar-refractivity contribution in [3.8, 4) is 6.07 Å². The van der Waals surface area contributed by atoms with Crippen LogP contribution in [0, 0.1) is 17.1 Å². The first kappa shape index (κ1) is 12.8. The quantitative estimate of drug-likeness (QED) is 0.803. The van der Waals surface area contributed by atoms with Gasteiger partial charge >= 0.3 is 0 Å². The molecule has 0 bridgehead atoms. The first-order chi connectivity index (χ1) is 8.63. The van der Waals surface area contributed by atoms with Crippen molar-refractivity contribution >= 4 is 5.69 Å². The zero-order valence-corrected chi connectivity index (χ0v) is 10.9. The van der Waals surface area contributed by atoms with Crippen molar-refractivity contribution in [3.05, 3.63) is 29.6 Å². The summed E-state index contributed by atoms with van der Waals surface area (Å²) in [6, 6.07) is 7.05. The second-order valence-electron chi connectivity index (χ2n) is 4.80. The lowest BCUT2D eigenvalue weighted by molar-refractivity contribution is 0.213. The fourth-order valence-corrected chi connectivity index (χ4v) is 2.44. The second-order valence-corrected chi connectivity index (χ2v) is 4.80. The molecule has 1 aromatic rings. The van der Waals surface area contributed by atoms with Crippen molar-refractivity contribution in [3.63, 3.8) is 0 Å². The third-order valence-corrected chi connectivity index (χ3v) is 3.63. The topological polar surface area (TPSA) is 30.3 Å². The van der Waals surface area contributed by atoms with Gasteiger partial charge in [0.2, 0.25) is 0 Å². The van der Waals surface area contributed by atoms with E-state index < -0.39 is 0 Å². The van der Waals surface area contributed by atoms with Crippen LogP contribution in [0.2, 0.25) is 0 Å². The summed E-state index contributed by atoms with van der Waals surface area (Å²) in [5.74, 6) is -0.337. The number of halogens is 1. The lowest BCUT2D eigenvalue weighted by atomic mass is 10.1. The van der Waals surface area contributed by atoms with Crippen molar-refractivity contribution in [2.24, 2.45) is 0 Å². The molecule has 0 amide bonds. The zero-order valence-electron chi connectivity index (χ0n) is 10.9. The van der Waals surface area contributed by atoms with Crippen LogP contribution in [0.5, 0.6) is 0 Å². The Morgan fingerprint density at radius 2 is 2.17 bits per heavy atom. The molecule has 1 atom stereocenters. The molecule has 0 aliphatic carbocycles. The molecule has 0 saturated carbocycles. The highest BCUT2D eigenvalue weighted by Gasteiger charge is 2.23. The summed E-state index contributed by atoms with van der Waals surface area (Å²) in [5.41, 5.74) is 1.20. The van der Waals surface area contributed by atoms with E-state index in [-0.39, 0.29) is 5.82 Å². The molecule has 1 heterocycles. The minimum Gasteiger partial charge on any atom is -0.369 e. The highest BCUT2D eigenvalue weighted by molar-refractivity contribution is 5.52. The third-order valence-electron chi connectivity index (χ3n) is 3.63. The van der Waals surface area contributed by atoms with E-state index >= 15 is 0 Å². The van der Waals surface area contributed by atoms with Crippen LogP contribution in [0.25, 0.3) is 0 Å². The number of likely N-dealkylation sites (N-methyl/N-ethyl adjacent to an activating group) is 1. The minimum atomic E-state index is -0.337. The number of piperazine rings is 1. The van der Waals surface area contributed by atoms with Gasteiger partial charge in [-0.05, 0) is 31.7 Å². The number of benzene rings is 1. The number of hydrogen-bond donors (Lipinski definition) is 0. The molecule has 1 aromatic carbocycles. The van der Waals surface area contributed by atoms with Gasteiger partial charge in [-0.15, -0.1) is 0 Å². The molecule has 1 unspecified atom stereocenters. The van der Waals surface area contributed by atoms with Crippen LogP contribution >= 0.6 is 0 Å². The van der Waals surface area contributed by atoms with Crippen molar-refractivity contribution in [1.82, 2.24) is 4.90 Å². The summed E-state index contributed by atoms with van der Waals surface area (Å²) in [5, 5.41) is 8.88. The third kappa shape index (κ3) is 2.62. The first-order valence-electron chi connectivity index (χ1n) is 6.30. The van der Waals surface area contributed by atoms with Gasteiger partial charge in [0.1, 0.15) is 5.82 Å². The molecule has 1 aliphatic rings. The molecule has 3 nitrogen and oxygen atoms in total. The van der Waals surface area contributed by atoms with Gasteiger partial charge in [-0.2, -0.15) is 5.26 Å². The van der Waals surface area contributed by atoms with E-state index in [0.717, 1.165) is 31.7 Å². The number of nitriles is 1. The predicted octanol–water partition coefficient (Wildman–Crippen LogP) is 2.23. The molecule has 0 N–H and O–H groups in total. The van der Waals surface area contributed by atoms with E-state index in [2.05, 4.69) is 23.8 Å². The molecule has 18 heavy (non-hydrogen) atoms. The maximum Gasteiger partial charge on any atom is 0.126 e. The average Bonchev–Trinajstić information content (AvgIpc) is 2.38. The fourth-order valence-electron chi connectivity index (χ4n) is 2.44. The summed E-state index contributed by atoms with van der Waals surface area (Å²) in [7, 11) is 2.12. The van der Waals surface area contributed by atoms with Crippen molar-refractivity contribution in [2.75, 3.05) is 31.6 Å². The summed E-state index contributed by atoms with van der Waals surface area (Å²) in [4.78, 5) is 4.50. The van der Waals surface area contributed by atoms with Crippen LogP contribution in [0.1, 0.15) is 18.9 Å². The Bertz CT molecular complexity index is 467. The van der Waals surface area contributed by atoms with Gasteiger partial charge in [-0.25, -0.2) is 4.39 Å². The summed E-state index contributed by atoms with van der Waals surface area (Å²) >= 11 is 0. The van der Waals surface area contributed by atoms with Crippen LogP contribution < -0.4 is 4.90 Å². The van der Waals surface area contributed by atoms with Gasteiger partial charge in [0.25, 0.3) is 0 Å². The Morgan fingerprint density at radius 1 is 1.39 bits per heavy atom. The maximum absolute atomic E-state index is 13.4. The highest BCUT2D eigenvalue weighted by Crippen LogP contribution is 2.22. The summed E-state index contributed by atoms with van der Waals surface area (Å²) in [6.07, 6.45) is 1.08. The van der Waals surface area contributed by atoms with Crippen LogP contribution in [0.3, 0.4) is 0 Å². The van der Waals surface area contributed by atoms with Crippen LogP contribution in [0.15, 0.2) is 18.2 Å². The van der Waals surface area contributed by atoms with Crippen LogP contribution in [-0.2, 0) is 0 Å². The minimum absolute atomic E-state index is 0.337. The zero-order chi connectivity index (χ0) is 13.1. The SMILES string of the molecule is CCC1CN(c2cc(F)cc(C#N)c2)CCN1C. The number of hydrogen-bond acceptors (Lipinski definition) is 3. The number of anilines is 1. The Morgan fingerprint density at radius 3 is 2.83 bits per heavy atom. The molecular formula is C14H18FN3. The predicted molar refractivity (Wildman–Crippen MR) is 70.0 cm³/mol. The molecule has 96 valence electrons. The lowest BCUT2D eigenvalue weighted by Crippen LogP contribution is -2.51. The largest absolute Gasteiger partial charge is 0.369 e. The summed E-state index contributed by atoms with van der Waals surface area (Å²) < 4.78 is 13.4. The molecule has 0 spiro atoms. The maximum atomic E-state index is 13.4. The molecule has 0 radical (unpaired) electrons. The van der Waals surface area contributed by atoms with Gasteiger partial charge < -0.3 is 4.90 Å². The Kier molecular flexibility index (Phi) is 3.83. The van der Waals surface area contributed by atoms with E-state index in [4.69, 9.17) is 5.26 Å². The molecule has 4 heteroatoms. The molecule has 1 aliphatic heterocycles. The normalized spacial score (nSPS) is 20.8. The molecule has 2 rings (SSSR count). The van der Waals surface area contributed by atoms with E-state index in [9.17, 15) is 4.39 Å². The molecule has 0 aromatic heterocycles. The van der Waals surface area contributed by atoms with Gasteiger partial charge in [-0.3, -0.25) is 4.90 Å². The monoisotopic (exact) mass is 247 g/mol. The number of rotatable bonds is 2. The van der Waals surface area contributed by atoms with Crippen LogP contribution in [0.4, 0.5) is 10.1 Å².